The summed E-state index contributed by atoms with van der Waals surface area (Å²) >= 11 is 0. The summed E-state index contributed by atoms with van der Waals surface area (Å²) < 4.78 is 52.2. The van der Waals surface area contributed by atoms with Crippen molar-refractivity contribution in [1.82, 2.24) is 0 Å². The molecule has 0 amide bonds. The van der Waals surface area contributed by atoms with Gasteiger partial charge in [0.05, 0.1) is 85.9 Å². The molecule has 1 aromatic rings. The molecule has 0 spiro atoms. The molecule has 0 aromatic heterocycles. The molecule has 71 heavy (non-hydrogen) atoms. The van der Waals surface area contributed by atoms with Crippen LogP contribution < -0.4 is 0 Å². The normalized spacial score (nSPS) is 12.1. The molecular formula is C60H110O11. The van der Waals surface area contributed by atoms with Gasteiger partial charge in [0.25, 0.3) is 0 Å². The molecular weight excluding hydrogens is 897 g/mol. The summed E-state index contributed by atoms with van der Waals surface area (Å²) in [6, 6.07) is 10.1. The van der Waals surface area contributed by atoms with Crippen LogP contribution in [0.5, 0.6) is 0 Å². The highest BCUT2D eigenvalue weighted by Crippen LogP contribution is 2.23. The minimum absolute atomic E-state index is 0.0425. The second kappa shape index (κ2) is 54.2. The monoisotopic (exact) mass is 1010 g/mol. The first-order chi connectivity index (χ1) is 35.0. The summed E-state index contributed by atoms with van der Waals surface area (Å²) in [5, 5.41) is 0. The summed E-state index contributed by atoms with van der Waals surface area (Å²) in [5.74, 6) is 1.28. The van der Waals surface area contributed by atoms with E-state index in [0.29, 0.717) is 124 Å². The van der Waals surface area contributed by atoms with Gasteiger partial charge in [0.1, 0.15) is 6.10 Å². The van der Waals surface area contributed by atoms with Gasteiger partial charge in [-0.3, -0.25) is 9.59 Å². The Hall–Kier alpha value is -2.12. The smallest absolute Gasteiger partial charge is 0.305 e. The Morgan fingerprint density at radius 3 is 1.20 bits per heavy atom. The molecule has 0 N–H and O–H groups in total. The molecule has 0 heterocycles. The van der Waals surface area contributed by atoms with E-state index in [1.807, 2.05) is 18.2 Å². The average Bonchev–Trinajstić information content (AvgIpc) is 3.37. The number of rotatable bonds is 57. The van der Waals surface area contributed by atoms with Crippen LogP contribution in [0.1, 0.15) is 226 Å². The van der Waals surface area contributed by atoms with E-state index < -0.39 is 0 Å². The standard InChI is InChI=1S/C60H110O11/c1-5-9-20-30-55(31-21-10-6-2)38-42-70-59(61)36-26-15-13-17-28-40-66-53-58(54-68-51-49-65-47-45-63-44-46-64-48-50-67-52-57-34-24-19-25-35-57)69-41-29-18-14-16-27-37-60(62)71-43-39-56(32-22-11-7-3)33-23-12-8-4/h19,24-25,34-35,55-56,58H,5-18,20-23,26-33,36-54H2,1-4H3. The molecule has 0 saturated carbocycles. The zero-order chi connectivity index (χ0) is 51.2. The summed E-state index contributed by atoms with van der Waals surface area (Å²) in [6.07, 6.45) is 33.3. The molecule has 0 aliphatic rings. The second-order valence-electron chi connectivity index (χ2n) is 19.8. The molecule has 0 bridgehead atoms. The maximum absolute atomic E-state index is 12.4. The number of unbranched alkanes of at least 4 members (excludes halogenated alkanes) is 16. The molecule has 1 atom stereocenters. The van der Waals surface area contributed by atoms with Crippen LogP contribution in [0.25, 0.3) is 0 Å². The number of carbonyl (C=O) groups is 2. The van der Waals surface area contributed by atoms with Crippen molar-refractivity contribution in [2.45, 2.75) is 233 Å². The fourth-order valence-corrected chi connectivity index (χ4v) is 8.69. The van der Waals surface area contributed by atoms with Crippen molar-refractivity contribution in [2.75, 3.05) is 92.5 Å². The van der Waals surface area contributed by atoms with Gasteiger partial charge in [-0.15, -0.1) is 0 Å². The van der Waals surface area contributed by atoms with Gasteiger partial charge < -0.3 is 42.6 Å². The Kier molecular flexibility index (Phi) is 51.0. The highest BCUT2D eigenvalue weighted by molar-refractivity contribution is 5.69. The van der Waals surface area contributed by atoms with Gasteiger partial charge >= 0.3 is 11.9 Å². The summed E-state index contributed by atoms with van der Waals surface area (Å²) in [4.78, 5) is 24.8. The average molecular weight is 1010 g/mol. The fraction of sp³-hybridized carbons (Fsp3) is 0.867. The van der Waals surface area contributed by atoms with Gasteiger partial charge in [0.2, 0.25) is 0 Å². The van der Waals surface area contributed by atoms with Gasteiger partial charge in [-0.2, -0.15) is 0 Å². The van der Waals surface area contributed by atoms with Crippen LogP contribution in [-0.2, 0) is 58.8 Å². The minimum atomic E-state index is -0.149. The van der Waals surface area contributed by atoms with Gasteiger partial charge in [0.15, 0.2) is 0 Å². The molecule has 1 unspecified atom stereocenters. The van der Waals surface area contributed by atoms with Gasteiger partial charge in [-0.25, -0.2) is 0 Å². The first kappa shape index (κ1) is 66.9. The van der Waals surface area contributed by atoms with Crippen molar-refractivity contribution in [2.24, 2.45) is 11.8 Å². The predicted molar refractivity (Wildman–Crippen MR) is 290 cm³/mol. The molecule has 0 saturated heterocycles. The molecule has 0 aliphatic carbocycles. The molecule has 0 radical (unpaired) electrons. The van der Waals surface area contributed by atoms with Crippen molar-refractivity contribution in [3.63, 3.8) is 0 Å². The molecule has 1 rings (SSSR count). The zero-order valence-corrected chi connectivity index (χ0v) is 46.4. The van der Waals surface area contributed by atoms with Gasteiger partial charge in [-0.1, -0.05) is 199 Å². The van der Waals surface area contributed by atoms with Crippen molar-refractivity contribution in [1.29, 1.82) is 0 Å². The first-order valence-electron chi connectivity index (χ1n) is 29.4. The SMILES string of the molecule is CCCCCC(CCCCC)CCOC(=O)CCCCCCCOCC(COCCOCCOCCOCCOCc1ccccc1)OCCCCCCCC(=O)OCCC(CCCCC)CCCCC. The Morgan fingerprint density at radius 1 is 0.366 bits per heavy atom. The lowest BCUT2D eigenvalue weighted by molar-refractivity contribution is -0.145. The highest BCUT2D eigenvalue weighted by atomic mass is 16.6. The van der Waals surface area contributed by atoms with E-state index in [1.54, 1.807) is 0 Å². The molecule has 11 heteroatoms. The third-order valence-corrected chi connectivity index (χ3v) is 13.2. The number of hydrogen-bond acceptors (Lipinski definition) is 11. The van der Waals surface area contributed by atoms with Crippen LogP contribution in [-0.4, -0.2) is 111 Å². The summed E-state index contributed by atoms with van der Waals surface area (Å²) in [7, 11) is 0. The molecule has 11 nitrogen and oxygen atoms in total. The summed E-state index contributed by atoms with van der Waals surface area (Å²) in [6.45, 7) is 17.1. The number of carbonyl (C=O) groups excluding carboxylic acids is 2. The van der Waals surface area contributed by atoms with Gasteiger partial charge in [0, 0.05) is 26.1 Å². The third kappa shape index (κ3) is 47.3. The van der Waals surface area contributed by atoms with Gasteiger partial charge in [-0.05, 0) is 55.9 Å². The van der Waals surface area contributed by atoms with Crippen molar-refractivity contribution < 1.29 is 52.2 Å². The number of esters is 2. The van der Waals surface area contributed by atoms with E-state index in [4.69, 9.17) is 42.6 Å². The number of benzene rings is 1. The highest BCUT2D eigenvalue weighted by Gasteiger charge is 2.14. The van der Waals surface area contributed by atoms with Crippen molar-refractivity contribution in [3.8, 4) is 0 Å². The van der Waals surface area contributed by atoms with Crippen LogP contribution in [0.15, 0.2) is 30.3 Å². The zero-order valence-electron chi connectivity index (χ0n) is 46.4. The van der Waals surface area contributed by atoms with Crippen LogP contribution in [0, 0.1) is 11.8 Å². The second-order valence-corrected chi connectivity index (χ2v) is 19.8. The van der Waals surface area contributed by atoms with Crippen molar-refractivity contribution in [3.05, 3.63) is 35.9 Å². The lowest BCUT2D eigenvalue weighted by atomic mass is 9.92. The molecule has 1 aromatic carbocycles. The van der Waals surface area contributed by atoms with Crippen molar-refractivity contribution >= 4 is 11.9 Å². The predicted octanol–water partition coefficient (Wildman–Crippen LogP) is 14.8. The fourth-order valence-electron chi connectivity index (χ4n) is 8.69. The Morgan fingerprint density at radius 2 is 0.746 bits per heavy atom. The quantitative estimate of drug-likeness (QED) is 0.0458. The summed E-state index contributed by atoms with van der Waals surface area (Å²) in [5.41, 5.74) is 1.16. The maximum Gasteiger partial charge on any atom is 0.305 e. The first-order valence-corrected chi connectivity index (χ1v) is 29.4. The lowest BCUT2D eigenvalue weighted by Gasteiger charge is -2.18. The Balaban J connectivity index is 2.27. The van der Waals surface area contributed by atoms with E-state index in [1.165, 1.54) is 103 Å². The van der Waals surface area contributed by atoms with E-state index in [9.17, 15) is 9.59 Å². The van der Waals surface area contributed by atoms with Crippen LogP contribution in [0.2, 0.25) is 0 Å². The van der Waals surface area contributed by atoms with Crippen LogP contribution in [0.4, 0.5) is 0 Å². The van der Waals surface area contributed by atoms with E-state index in [0.717, 1.165) is 82.6 Å². The Labute approximate surface area is 435 Å². The Bertz CT molecular complexity index is 1220. The van der Waals surface area contributed by atoms with E-state index in [2.05, 4.69) is 39.8 Å². The largest absolute Gasteiger partial charge is 0.466 e. The topological polar surface area (TPSA) is 117 Å². The van der Waals surface area contributed by atoms with Crippen LogP contribution >= 0.6 is 0 Å². The number of hydrogen-bond donors (Lipinski definition) is 0. The van der Waals surface area contributed by atoms with E-state index in [-0.39, 0.29) is 18.0 Å². The molecule has 0 fully saturated rings. The molecule has 416 valence electrons. The number of ether oxygens (including phenoxy) is 9. The third-order valence-electron chi connectivity index (χ3n) is 13.2. The van der Waals surface area contributed by atoms with E-state index >= 15 is 0 Å². The minimum Gasteiger partial charge on any atom is -0.466 e. The van der Waals surface area contributed by atoms with Crippen LogP contribution in [0.3, 0.4) is 0 Å². The lowest BCUT2D eigenvalue weighted by Crippen LogP contribution is -2.27. The maximum atomic E-state index is 12.4. The molecule has 0 aliphatic heterocycles.